The van der Waals surface area contributed by atoms with Crippen molar-refractivity contribution in [1.29, 1.82) is 0 Å². The van der Waals surface area contributed by atoms with Gasteiger partial charge in [0.05, 0.1) is 0 Å². The van der Waals surface area contributed by atoms with Crippen LogP contribution in [0.1, 0.15) is 32.8 Å². The zero-order chi connectivity index (χ0) is 15.2. The molecule has 1 atom stereocenters. The molecule has 0 bridgehead atoms. The Morgan fingerprint density at radius 3 is 2.19 bits per heavy atom. The van der Waals surface area contributed by atoms with Crippen molar-refractivity contribution in [3.05, 3.63) is 29.8 Å². The molecule has 21 heavy (non-hydrogen) atoms. The van der Waals surface area contributed by atoms with Crippen LogP contribution in [0, 0.1) is 5.92 Å². The van der Waals surface area contributed by atoms with Gasteiger partial charge in [0.1, 0.15) is 5.75 Å². The SMILES string of the molecule is CC(C)CN1CCN(C(C)CCc2ccc(O)cc2)CC1. The second-order valence-electron chi connectivity index (χ2n) is 6.78. The molecule has 0 spiro atoms. The summed E-state index contributed by atoms with van der Waals surface area (Å²) in [5.41, 5.74) is 1.32. The first-order valence-electron chi connectivity index (χ1n) is 8.29. The van der Waals surface area contributed by atoms with Crippen LogP contribution < -0.4 is 0 Å². The first kappa shape index (κ1) is 16.3. The summed E-state index contributed by atoms with van der Waals surface area (Å²) in [6, 6.07) is 8.26. The fourth-order valence-corrected chi connectivity index (χ4v) is 3.12. The van der Waals surface area contributed by atoms with E-state index in [2.05, 4.69) is 30.6 Å². The molecule has 1 saturated heterocycles. The number of aromatic hydroxyl groups is 1. The summed E-state index contributed by atoms with van der Waals surface area (Å²) in [5, 5.41) is 9.31. The minimum Gasteiger partial charge on any atom is -0.508 e. The Morgan fingerprint density at radius 2 is 1.62 bits per heavy atom. The van der Waals surface area contributed by atoms with Crippen LogP contribution >= 0.6 is 0 Å². The molecule has 0 aromatic heterocycles. The van der Waals surface area contributed by atoms with Crippen LogP contribution in [-0.4, -0.2) is 53.7 Å². The summed E-state index contributed by atoms with van der Waals surface area (Å²) in [6.45, 7) is 13.0. The van der Waals surface area contributed by atoms with Gasteiger partial charge < -0.3 is 10.0 Å². The van der Waals surface area contributed by atoms with Crippen LogP contribution in [0.5, 0.6) is 5.75 Å². The van der Waals surface area contributed by atoms with Crippen LogP contribution in [0.2, 0.25) is 0 Å². The van der Waals surface area contributed by atoms with Crippen LogP contribution in [0.25, 0.3) is 0 Å². The number of rotatable bonds is 6. The van der Waals surface area contributed by atoms with E-state index in [0.717, 1.165) is 12.3 Å². The Morgan fingerprint density at radius 1 is 1.00 bits per heavy atom. The Hall–Kier alpha value is -1.06. The van der Waals surface area contributed by atoms with Crippen molar-refractivity contribution in [2.24, 2.45) is 5.92 Å². The summed E-state index contributed by atoms with van der Waals surface area (Å²) < 4.78 is 0. The van der Waals surface area contributed by atoms with E-state index in [-0.39, 0.29) is 0 Å². The zero-order valence-corrected chi connectivity index (χ0v) is 13.8. The molecule has 3 heteroatoms. The fourth-order valence-electron chi connectivity index (χ4n) is 3.12. The van der Waals surface area contributed by atoms with Gasteiger partial charge in [-0.2, -0.15) is 0 Å². The molecule has 0 aliphatic carbocycles. The van der Waals surface area contributed by atoms with Crippen LogP contribution in [0.4, 0.5) is 0 Å². The van der Waals surface area contributed by atoms with Gasteiger partial charge in [-0.25, -0.2) is 0 Å². The highest BCUT2D eigenvalue weighted by Gasteiger charge is 2.21. The van der Waals surface area contributed by atoms with Gasteiger partial charge in [-0.05, 0) is 43.4 Å². The van der Waals surface area contributed by atoms with E-state index in [1.54, 1.807) is 12.1 Å². The average molecular weight is 290 g/mol. The largest absolute Gasteiger partial charge is 0.508 e. The van der Waals surface area contributed by atoms with E-state index < -0.39 is 0 Å². The summed E-state index contributed by atoms with van der Waals surface area (Å²) in [6.07, 6.45) is 2.28. The maximum Gasteiger partial charge on any atom is 0.115 e. The molecule has 0 radical (unpaired) electrons. The highest BCUT2D eigenvalue weighted by Crippen LogP contribution is 2.15. The van der Waals surface area contributed by atoms with Gasteiger partial charge in [0.15, 0.2) is 0 Å². The second-order valence-corrected chi connectivity index (χ2v) is 6.78. The summed E-state index contributed by atoms with van der Waals surface area (Å²) in [7, 11) is 0. The molecule has 1 aromatic rings. The number of aryl methyl sites for hydroxylation is 1. The number of hydrogen-bond acceptors (Lipinski definition) is 3. The normalized spacial score (nSPS) is 19.0. The van der Waals surface area contributed by atoms with Gasteiger partial charge in [0.2, 0.25) is 0 Å². The van der Waals surface area contributed by atoms with E-state index in [0.29, 0.717) is 11.8 Å². The lowest BCUT2D eigenvalue weighted by molar-refractivity contribution is 0.0918. The Balaban J connectivity index is 1.72. The smallest absolute Gasteiger partial charge is 0.115 e. The van der Waals surface area contributed by atoms with Crippen LogP contribution in [0.3, 0.4) is 0 Å². The predicted octanol–water partition coefficient (Wildman–Crippen LogP) is 2.99. The first-order valence-corrected chi connectivity index (χ1v) is 8.29. The van der Waals surface area contributed by atoms with Crippen LogP contribution in [-0.2, 0) is 6.42 Å². The average Bonchev–Trinajstić information content (AvgIpc) is 2.46. The molecule has 118 valence electrons. The lowest BCUT2D eigenvalue weighted by Crippen LogP contribution is -2.50. The molecule has 1 aliphatic rings. The first-order chi connectivity index (χ1) is 10.0. The van der Waals surface area contributed by atoms with Gasteiger partial charge >= 0.3 is 0 Å². The molecular formula is C18H30N2O. The molecule has 0 saturated carbocycles. The monoisotopic (exact) mass is 290 g/mol. The summed E-state index contributed by atoms with van der Waals surface area (Å²) in [4.78, 5) is 5.21. The molecule has 1 aliphatic heterocycles. The Kier molecular flexibility index (Phi) is 6.07. The molecule has 1 aromatic carbocycles. The molecule has 1 unspecified atom stereocenters. The minimum atomic E-state index is 0.355. The highest BCUT2D eigenvalue weighted by molar-refractivity contribution is 5.25. The maximum absolute atomic E-state index is 9.31. The fraction of sp³-hybridized carbons (Fsp3) is 0.667. The van der Waals surface area contributed by atoms with Crippen molar-refractivity contribution < 1.29 is 5.11 Å². The van der Waals surface area contributed by atoms with Crippen molar-refractivity contribution in [2.45, 2.75) is 39.7 Å². The molecule has 2 rings (SSSR count). The number of nitrogens with zero attached hydrogens (tertiary/aromatic N) is 2. The quantitative estimate of drug-likeness (QED) is 0.872. The molecule has 1 N–H and O–H groups in total. The van der Waals surface area contributed by atoms with Crippen molar-refractivity contribution >= 4 is 0 Å². The number of phenols is 1. The molecular weight excluding hydrogens is 260 g/mol. The van der Waals surface area contributed by atoms with E-state index in [9.17, 15) is 5.11 Å². The Labute approximate surface area is 129 Å². The van der Waals surface area contributed by atoms with Crippen molar-refractivity contribution in [2.75, 3.05) is 32.7 Å². The van der Waals surface area contributed by atoms with Gasteiger partial charge in [0.25, 0.3) is 0 Å². The number of hydrogen-bond donors (Lipinski definition) is 1. The predicted molar refractivity (Wildman–Crippen MR) is 88.7 cm³/mol. The van der Waals surface area contributed by atoms with Crippen molar-refractivity contribution in [3.63, 3.8) is 0 Å². The number of benzene rings is 1. The minimum absolute atomic E-state index is 0.355. The van der Waals surface area contributed by atoms with Crippen molar-refractivity contribution in [1.82, 2.24) is 9.80 Å². The third kappa shape index (κ3) is 5.33. The van der Waals surface area contributed by atoms with Gasteiger partial charge in [-0.15, -0.1) is 0 Å². The number of piperazine rings is 1. The maximum atomic E-state index is 9.31. The third-order valence-corrected chi connectivity index (χ3v) is 4.44. The summed E-state index contributed by atoms with van der Waals surface area (Å²) >= 11 is 0. The van der Waals surface area contributed by atoms with Crippen molar-refractivity contribution in [3.8, 4) is 5.75 Å². The zero-order valence-electron chi connectivity index (χ0n) is 13.8. The van der Waals surface area contributed by atoms with Gasteiger partial charge in [-0.1, -0.05) is 26.0 Å². The lowest BCUT2D eigenvalue weighted by atomic mass is 10.0. The lowest BCUT2D eigenvalue weighted by Gasteiger charge is -2.38. The van der Waals surface area contributed by atoms with Crippen LogP contribution in [0.15, 0.2) is 24.3 Å². The van der Waals surface area contributed by atoms with E-state index in [1.807, 2.05) is 12.1 Å². The highest BCUT2D eigenvalue weighted by atomic mass is 16.3. The summed E-state index contributed by atoms with van der Waals surface area (Å²) in [5.74, 6) is 1.12. The topological polar surface area (TPSA) is 26.7 Å². The van der Waals surface area contributed by atoms with E-state index in [1.165, 1.54) is 44.7 Å². The molecule has 1 fully saturated rings. The van der Waals surface area contributed by atoms with E-state index >= 15 is 0 Å². The Bertz CT molecular complexity index is 408. The standard InChI is InChI=1S/C18H30N2O/c1-15(2)14-19-10-12-20(13-11-19)16(3)4-5-17-6-8-18(21)9-7-17/h6-9,15-16,21H,4-5,10-14H2,1-3H3. The number of phenolic OH excluding ortho intramolecular Hbond substituents is 1. The molecule has 0 amide bonds. The molecule has 1 heterocycles. The van der Waals surface area contributed by atoms with E-state index in [4.69, 9.17) is 0 Å². The van der Waals surface area contributed by atoms with Gasteiger partial charge in [0, 0.05) is 38.8 Å². The molecule has 3 nitrogen and oxygen atoms in total. The third-order valence-electron chi connectivity index (χ3n) is 4.44. The van der Waals surface area contributed by atoms with Gasteiger partial charge in [-0.3, -0.25) is 4.90 Å². The second kappa shape index (κ2) is 7.81.